The summed E-state index contributed by atoms with van der Waals surface area (Å²) in [5.41, 5.74) is 1.97. The Balaban J connectivity index is 1.91. The average Bonchev–Trinajstić information content (AvgIpc) is 2.86. The first-order valence-electron chi connectivity index (χ1n) is 7.88. The molecule has 1 aromatic carbocycles. The zero-order valence-electron chi connectivity index (χ0n) is 14.1. The Morgan fingerprint density at radius 3 is 2.75 bits per heavy atom. The van der Waals surface area contributed by atoms with E-state index in [1.54, 1.807) is 23.5 Å². The Kier molecular flexibility index (Phi) is 6.99. The topological polar surface area (TPSA) is 49.3 Å². The number of nitrogens with one attached hydrogen (secondary N) is 2. The average molecular weight is 369 g/mol. The van der Waals surface area contributed by atoms with Gasteiger partial charge in [-0.3, -0.25) is 0 Å². The van der Waals surface area contributed by atoms with Crippen molar-refractivity contribution in [2.24, 2.45) is 4.99 Å². The van der Waals surface area contributed by atoms with E-state index in [9.17, 15) is 4.39 Å². The summed E-state index contributed by atoms with van der Waals surface area (Å²) in [7, 11) is 0. The van der Waals surface area contributed by atoms with Crippen LogP contribution in [0.15, 0.2) is 23.2 Å². The van der Waals surface area contributed by atoms with Crippen LogP contribution in [0.2, 0.25) is 5.02 Å². The van der Waals surface area contributed by atoms with Crippen LogP contribution in [0.4, 0.5) is 4.39 Å². The molecule has 0 aliphatic heterocycles. The molecule has 0 aliphatic rings. The minimum Gasteiger partial charge on any atom is -0.357 e. The number of aliphatic imine (C=N–C) groups is 1. The molecule has 2 aromatic rings. The molecule has 2 rings (SSSR count). The van der Waals surface area contributed by atoms with Crippen molar-refractivity contribution in [1.29, 1.82) is 0 Å². The van der Waals surface area contributed by atoms with E-state index in [1.807, 2.05) is 13.8 Å². The number of nitrogens with zero attached hydrogens (tertiary/aromatic N) is 2. The Labute approximate surface area is 151 Å². The predicted molar refractivity (Wildman–Crippen MR) is 99.5 cm³/mol. The van der Waals surface area contributed by atoms with Gasteiger partial charge in [-0.25, -0.2) is 14.4 Å². The van der Waals surface area contributed by atoms with Gasteiger partial charge in [0.2, 0.25) is 0 Å². The van der Waals surface area contributed by atoms with Gasteiger partial charge in [0.15, 0.2) is 5.96 Å². The highest BCUT2D eigenvalue weighted by molar-refractivity contribution is 7.11. The highest BCUT2D eigenvalue weighted by Gasteiger charge is 2.05. The molecular weight excluding hydrogens is 347 g/mol. The number of guanidine groups is 1. The fraction of sp³-hybridized carbons (Fsp3) is 0.412. The number of benzene rings is 1. The molecule has 2 N–H and O–H groups in total. The maximum absolute atomic E-state index is 13.2. The van der Waals surface area contributed by atoms with Crippen LogP contribution in [0, 0.1) is 19.7 Å². The van der Waals surface area contributed by atoms with Gasteiger partial charge in [0, 0.05) is 24.4 Å². The maximum Gasteiger partial charge on any atom is 0.191 e. The van der Waals surface area contributed by atoms with Crippen molar-refractivity contribution in [2.45, 2.75) is 33.7 Å². The Bertz CT molecular complexity index is 695. The molecule has 1 heterocycles. The van der Waals surface area contributed by atoms with Gasteiger partial charge in [-0.05, 0) is 38.5 Å². The molecule has 7 heteroatoms. The van der Waals surface area contributed by atoms with Gasteiger partial charge < -0.3 is 10.6 Å². The van der Waals surface area contributed by atoms with Crippen LogP contribution in [-0.2, 0) is 13.0 Å². The molecule has 0 amide bonds. The molecular formula is C17H22ClFN4S. The minimum absolute atomic E-state index is 0.121. The molecule has 130 valence electrons. The van der Waals surface area contributed by atoms with E-state index in [0.29, 0.717) is 6.54 Å². The molecule has 0 unspecified atom stereocenters. The molecule has 1 aromatic heterocycles. The normalized spacial score (nSPS) is 11.6. The summed E-state index contributed by atoms with van der Waals surface area (Å²) >= 11 is 7.53. The third kappa shape index (κ3) is 5.46. The van der Waals surface area contributed by atoms with E-state index < -0.39 is 5.82 Å². The predicted octanol–water partition coefficient (Wildman–Crippen LogP) is 3.85. The summed E-state index contributed by atoms with van der Waals surface area (Å²) in [5.74, 6) is 0.311. The standard InChI is InChI=1S/C17H22ClFN4S/c1-4-20-17(21-8-7-16-23-11(2)12(3)24-16)22-10-13-5-6-15(19)14(18)9-13/h5-6,9H,4,7-8,10H2,1-3H3,(H2,20,21,22). The van der Waals surface area contributed by atoms with Crippen LogP contribution in [0.5, 0.6) is 0 Å². The van der Waals surface area contributed by atoms with Gasteiger partial charge in [0.25, 0.3) is 0 Å². The Morgan fingerprint density at radius 1 is 1.33 bits per heavy atom. The molecule has 0 spiro atoms. The second-order valence-corrected chi connectivity index (χ2v) is 7.06. The van der Waals surface area contributed by atoms with Crippen molar-refractivity contribution >= 4 is 28.9 Å². The molecule has 4 nitrogen and oxygen atoms in total. The van der Waals surface area contributed by atoms with Crippen molar-refractivity contribution in [1.82, 2.24) is 15.6 Å². The number of aromatic nitrogens is 1. The van der Waals surface area contributed by atoms with Gasteiger partial charge in [-0.15, -0.1) is 11.3 Å². The Morgan fingerprint density at radius 2 is 2.12 bits per heavy atom. The monoisotopic (exact) mass is 368 g/mol. The number of thiazole rings is 1. The number of aryl methyl sites for hydroxylation is 2. The fourth-order valence-corrected chi connectivity index (χ4v) is 3.22. The zero-order valence-corrected chi connectivity index (χ0v) is 15.7. The van der Waals surface area contributed by atoms with Gasteiger partial charge in [-0.2, -0.15) is 0 Å². The lowest BCUT2D eigenvalue weighted by atomic mass is 10.2. The van der Waals surface area contributed by atoms with E-state index in [0.717, 1.165) is 41.7 Å². The van der Waals surface area contributed by atoms with Gasteiger partial charge in [-0.1, -0.05) is 17.7 Å². The quantitative estimate of drug-likeness (QED) is 0.601. The lowest BCUT2D eigenvalue weighted by Crippen LogP contribution is -2.38. The third-order valence-corrected chi connectivity index (χ3v) is 4.87. The van der Waals surface area contributed by atoms with E-state index >= 15 is 0 Å². The van der Waals surface area contributed by atoms with Gasteiger partial charge >= 0.3 is 0 Å². The van der Waals surface area contributed by atoms with E-state index in [4.69, 9.17) is 11.6 Å². The highest BCUT2D eigenvalue weighted by Crippen LogP contribution is 2.17. The van der Waals surface area contributed by atoms with Crippen LogP contribution in [0.1, 0.15) is 28.1 Å². The van der Waals surface area contributed by atoms with E-state index in [2.05, 4.69) is 27.5 Å². The molecule has 0 aliphatic carbocycles. The lowest BCUT2D eigenvalue weighted by Gasteiger charge is -2.10. The second-order valence-electron chi connectivity index (χ2n) is 5.37. The number of rotatable bonds is 6. The molecule has 0 saturated heterocycles. The van der Waals surface area contributed by atoms with Gasteiger partial charge in [0.05, 0.1) is 22.3 Å². The first-order valence-corrected chi connectivity index (χ1v) is 9.08. The summed E-state index contributed by atoms with van der Waals surface area (Å²) in [5, 5.41) is 7.73. The zero-order chi connectivity index (χ0) is 17.5. The maximum atomic E-state index is 13.2. The number of hydrogen-bond donors (Lipinski definition) is 2. The summed E-state index contributed by atoms with van der Waals surface area (Å²) < 4.78 is 13.2. The third-order valence-electron chi connectivity index (χ3n) is 3.45. The molecule has 0 radical (unpaired) electrons. The summed E-state index contributed by atoms with van der Waals surface area (Å²) in [6, 6.07) is 4.65. The Hall–Kier alpha value is -1.66. The van der Waals surface area contributed by atoms with Crippen molar-refractivity contribution in [3.8, 4) is 0 Å². The lowest BCUT2D eigenvalue weighted by molar-refractivity contribution is 0.627. The molecule has 0 atom stereocenters. The van der Waals surface area contributed by atoms with Crippen molar-refractivity contribution in [3.05, 3.63) is 50.2 Å². The van der Waals surface area contributed by atoms with E-state index in [1.165, 1.54) is 10.9 Å². The summed E-state index contributed by atoms with van der Waals surface area (Å²) in [4.78, 5) is 10.3. The molecule has 0 fully saturated rings. The van der Waals surface area contributed by atoms with Crippen molar-refractivity contribution in [2.75, 3.05) is 13.1 Å². The minimum atomic E-state index is -0.413. The van der Waals surface area contributed by atoms with Crippen LogP contribution >= 0.6 is 22.9 Å². The van der Waals surface area contributed by atoms with Gasteiger partial charge in [0.1, 0.15) is 5.82 Å². The smallest absolute Gasteiger partial charge is 0.191 e. The van der Waals surface area contributed by atoms with Crippen molar-refractivity contribution in [3.63, 3.8) is 0 Å². The number of halogens is 2. The number of hydrogen-bond acceptors (Lipinski definition) is 3. The second kappa shape index (κ2) is 8.99. The summed E-state index contributed by atoms with van der Waals surface area (Å²) in [6.07, 6.45) is 0.853. The highest BCUT2D eigenvalue weighted by atomic mass is 35.5. The van der Waals surface area contributed by atoms with E-state index in [-0.39, 0.29) is 5.02 Å². The van der Waals surface area contributed by atoms with Crippen LogP contribution in [0.3, 0.4) is 0 Å². The molecule has 24 heavy (non-hydrogen) atoms. The fourth-order valence-electron chi connectivity index (χ4n) is 2.08. The van der Waals surface area contributed by atoms with Crippen LogP contribution < -0.4 is 10.6 Å². The first-order chi connectivity index (χ1) is 11.5. The molecule has 0 saturated carbocycles. The largest absolute Gasteiger partial charge is 0.357 e. The SMILES string of the molecule is CCNC(=NCc1ccc(F)c(Cl)c1)NCCc1nc(C)c(C)s1. The van der Waals surface area contributed by atoms with Crippen molar-refractivity contribution < 1.29 is 4.39 Å². The van der Waals surface area contributed by atoms with Crippen LogP contribution in [-0.4, -0.2) is 24.0 Å². The molecule has 0 bridgehead atoms. The first kappa shape index (κ1) is 18.7. The van der Waals surface area contributed by atoms with Crippen LogP contribution in [0.25, 0.3) is 0 Å². The summed E-state index contributed by atoms with van der Waals surface area (Å²) in [6.45, 7) is 8.09.